The van der Waals surface area contributed by atoms with Crippen LogP contribution in [0.1, 0.15) is 24.0 Å². The van der Waals surface area contributed by atoms with Gasteiger partial charge in [0.05, 0.1) is 10.5 Å². The third kappa shape index (κ3) is 5.92. The maximum absolute atomic E-state index is 12.9. The van der Waals surface area contributed by atoms with Gasteiger partial charge in [-0.2, -0.15) is 13.2 Å². The third-order valence-corrected chi connectivity index (χ3v) is 7.32. The van der Waals surface area contributed by atoms with E-state index in [9.17, 15) is 40.8 Å². The number of carbonyl (C=O) groups is 4. The van der Waals surface area contributed by atoms with Crippen molar-refractivity contribution in [3.63, 3.8) is 0 Å². The number of nitrogens with one attached hydrogen (secondary N) is 3. The van der Waals surface area contributed by atoms with E-state index in [0.29, 0.717) is 5.56 Å². The highest BCUT2D eigenvalue weighted by molar-refractivity contribution is 7.89. The van der Waals surface area contributed by atoms with Crippen molar-refractivity contribution in [3.8, 4) is 0 Å². The fourth-order valence-electron chi connectivity index (χ4n) is 4.01. The van der Waals surface area contributed by atoms with Gasteiger partial charge < -0.3 is 5.32 Å². The minimum atomic E-state index is -4.51. The molecule has 3 N–H and O–H groups in total. The fourth-order valence-corrected chi connectivity index (χ4v) is 5.09. The number of piperidine rings is 1. The number of amides is 4. The van der Waals surface area contributed by atoms with Crippen LogP contribution in [0.15, 0.2) is 65.2 Å². The first-order chi connectivity index (χ1) is 17.8. The van der Waals surface area contributed by atoms with Gasteiger partial charge in [0, 0.05) is 24.7 Å². The smallest absolute Gasteiger partial charge is 0.351 e. The number of hydrogen-bond donors (Lipinski definition) is 3. The molecule has 0 spiro atoms. The molecule has 2 aromatic rings. The number of benzene rings is 2. The Bertz CT molecular complexity index is 1460. The largest absolute Gasteiger partial charge is 0.416 e. The molecule has 0 aliphatic carbocycles. The van der Waals surface area contributed by atoms with Gasteiger partial charge >= 0.3 is 6.18 Å². The van der Waals surface area contributed by atoms with Gasteiger partial charge in [-0.1, -0.05) is 24.3 Å². The topological polar surface area (TPSA) is 142 Å². The van der Waals surface area contributed by atoms with E-state index >= 15 is 0 Å². The molecule has 2 aromatic carbocycles. The monoisotopic (exact) mass is 550 g/mol. The molecule has 38 heavy (non-hydrogen) atoms. The van der Waals surface area contributed by atoms with Crippen molar-refractivity contribution >= 4 is 39.3 Å². The molecule has 4 amide bonds. The summed E-state index contributed by atoms with van der Waals surface area (Å²) in [7, 11) is -4.07. The number of alkyl halides is 3. The van der Waals surface area contributed by atoms with Gasteiger partial charge in [0.1, 0.15) is 11.7 Å². The summed E-state index contributed by atoms with van der Waals surface area (Å²) in [5, 5.41) is 4.76. The second-order valence-corrected chi connectivity index (χ2v) is 10.3. The van der Waals surface area contributed by atoms with E-state index < -0.39 is 51.4 Å². The van der Waals surface area contributed by atoms with Crippen molar-refractivity contribution in [3.05, 3.63) is 71.4 Å². The van der Waals surface area contributed by atoms with Crippen molar-refractivity contribution in [1.82, 2.24) is 14.9 Å². The zero-order valence-corrected chi connectivity index (χ0v) is 20.4. The molecule has 0 bridgehead atoms. The molecule has 0 aromatic heterocycles. The molecule has 10 nitrogen and oxygen atoms in total. The molecular weight excluding hydrogens is 529 g/mol. The van der Waals surface area contributed by atoms with Gasteiger partial charge in [0.15, 0.2) is 0 Å². The molecule has 1 saturated heterocycles. The van der Waals surface area contributed by atoms with E-state index in [4.69, 9.17) is 0 Å². The van der Waals surface area contributed by atoms with Crippen LogP contribution in [0.3, 0.4) is 0 Å². The second kappa shape index (κ2) is 10.4. The molecule has 2 aliphatic rings. The SMILES string of the molecule is O=C1CCC(N2C(=O)C=C(Nc3cccc(S(=O)(=O)NCCc4cccc(C(F)(F)F)c4)c3)C2=O)C(=O)N1. The van der Waals surface area contributed by atoms with Gasteiger partial charge in [-0.25, -0.2) is 13.1 Å². The minimum absolute atomic E-state index is 0.0107. The maximum Gasteiger partial charge on any atom is 0.416 e. The maximum atomic E-state index is 12.9. The number of carbonyl (C=O) groups excluding carboxylic acids is 4. The predicted molar refractivity (Wildman–Crippen MR) is 127 cm³/mol. The molecule has 200 valence electrons. The Hall–Kier alpha value is -4.04. The highest BCUT2D eigenvalue weighted by Crippen LogP contribution is 2.29. The van der Waals surface area contributed by atoms with Crippen molar-refractivity contribution in [2.24, 2.45) is 0 Å². The summed E-state index contributed by atoms with van der Waals surface area (Å²) in [6.07, 6.45) is -3.57. The Morgan fingerprint density at radius 2 is 1.76 bits per heavy atom. The second-order valence-electron chi connectivity index (χ2n) is 8.54. The van der Waals surface area contributed by atoms with Crippen LogP contribution in [0.5, 0.6) is 0 Å². The lowest BCUT2D eigenvalue weighted by Gasteiger charge is -2.28. The van der Waals surface area contributed by atoms with Crippen molar-refractivity contribution in [2.75, 3.05) is 11.9 Å². The van der Waals surface area contributed by atoms with Crippen LogP contribution >= 0.6 is 0 Å². The summed E-state index contributed by atoms with van der Waals surface area (Å²) in [4.78, 5) is 49.2. The molecule has 0 saturated carbocycles. The van der Waals surface area contributed by atoms with Crippen LogP contribution in [-0.2, 0) is 41.8 Å². The predicted octanol–water partition coefficient (Wildman–Crippen LogP) is 1.70. The Morgan fingerprint density at radius 3 is 2.47 bits per heavy atom. The van der Waals surface area contributed by atoms with Gasteiger partial charge in [-0.15, -0.1) is 0 Å². The molecular formula is C24H21F3N4O6S. The summed E-state index contributed by atoms with van der Waals surface area (Å²) in [6.45, 7) is -0.166. The number of imide groups is 2. The molecule has 2 aliphatic heterocycles. The zero-order chi connectivity index (χ0) is 27.7. The summed E-state index contributed by atoms with van der Waals surface area (Å²) < 4.78 is 66.5. The number of rotatable bonds is 8. The average molecular weight is 551 g/mol. The Balaban J connectivity index is 1.40. The van der Waals surface area contributed by atoms with E-state index in [1.807, 2.05) is 0 Å². The Kier molecular flexibility index (Phi) is 7.37. The summed E-state index contributed by atoms with van der Waals surface area (Å²) >= 11 is 0. The number of anilines is 1. The van der Waals surface area contributed by atoms with Crippen LogP contribution in [-0.4, -0.2) is 49.5 Å². The lowest BCUT2D eigenvalue weighted by atomic mass is 10.0. The Labute approximate surface area is 214 Å². The van der Waals surface area contributed by atoms with Crippen molar-refractivity contribution < 1.29 is 40.8 Å². The standard InChI is InChI=1S/C24H21F3N4O6S/c25-24(26,27)15-4-1-3-14(11-15)9-10-28-38(36,37)17-6-2-5-16(12-17)29-18-13-21(33)31(23(18)35)19-7-8-20(32)30-22(19)34/h1-6,11-13,19,28-29H,7-10H2,(H,30,32,34). The first-order valence-electron chi connectivity index (χ1n) is 11.3. The molecule has 2 heterocycles. The lowest BCUT2D eigenvalue weighted by molar-refractivity contribution is -0.149. The van der Waals surface area contributed by atoms with Gasteiger partial charge in [-0.3, -0.25) is 29.4 Å². The van der Waals surface area contributed by atoms with E-state index in [2.05, 4.69) is 15.4 Å². The lowest BCUT2D eigenvalue weighted by Crippen LogP contribution is -2.54. The number of sulfonamides is 1. The highest BCUT2D eigenvalue weighted by Gasteiger charge is 2.42. The van der Waals surface area contributed by atoms with Crippen LogP contribution in [0, 0.1) is 0 Å². The van der Waals surface area contributed by atoms with Crippen LogP contribution in [0.2, 0.25) is 0 Å². The van der Waals surface area contributed by atoms with E-state index in [-0.39, 0.29) is 42.1 Å². The molecule has 4 rings (SSSR count). The van der Waals surface area contributed by atoms with Crippen LogP contribution < -0.4 is 15.4 Å². The minimum Gasteiger partial charge on any atom is -0.351 e. The van der Waals surface area contributed by atoms with Gasteiger partial charge in [0.25, 0.3) is 11.8 Å². The molecule has 0 radical (unpaired) electrons. The molecule has 1 atom stereocenters. The summed E-state index contributed by atoms with van der Waals surface area (Å²) in [5.41, 5.74) is -0.563. The number of halogens is 3. The van der Waals surface area contributed by atoms with Crippen molar-refractivity contribution in [2.45, 2.75) is 36.4 Å². The zero-order valence-electron chi connectivity index (χ0n) is 19.5. The van der Waals surface area contributed by atoms with Crippen molar-refractivity contribution in [1.29, 1.82) is 0 Å². The first-order valence-corrected chi connectivity index (χ1v) is 12.8. The fraction of sp³-hybridized carbons (Fsp3) is 0.250. The molecule has 14 heteroatoms. The van der Waals surface area contributed by atoms with Crippen LogP contribution in [0.25, 0.3) is 0 Å². The number of hydrogen-bond acceptors (Lipinski definition) is 7. The quantitative estimate of drug-likeness (QED) is 0.425. The molecule has 1 unspecified atom stereocenters. The highest BCUT2D eigenvalue weighted by atomic mass is 32.2. The van der Waals surface area contributed by atoms with Gasteiger partial charge in [0.2, 0.25) is 21.8 Å². The third-order valence-electron chi connectivity index (χ3n) is 5.86. The normalized spacial score (nSPS) is 18.4. The first kappa shape index (κ1) is 27.0. The van der Waals surface area contributed by atoms with E-state index in [1.165, 1.54) is 36.4 Å². The average Bonchev–Trinajstić information content (AvgIpc) is 3.11. The van der Waals surface area contributed by atoms with Crippen LogP contribution in [0.4, 0.5) is 18.9 Å². The summed E-state index contributed by atoms with van der Waals surface area (Å²) in [5.74, 6) is -2.83. The Morgan fingerprint density at radius 1 is 1.03 bits per heavy atom. The van der Waals surface area contributed by atoms with E-state index in [0.717, 1.165) is 23.1 Å². The van der Waals surface area contributed by atoms with Gasteiger partial charge in [-0.05, 0) is 42.7 Å². The van der Waals surface area contributed by atoms with E-state index in [1.54, 1.807) is 0 Å². The summed E-state index contributed by atoms with van der Waals surface area (Å²) in [6, 6.07) is 8.77. The number of nitrogens with zero attached hydrogens (tertiary/aromatic N) is 1. The molecule has 1 fully saturated rings.